The van der Waals surface area contributed by atoms with Crippen LogP contribution in [0, 0.1) is 35.5 Å². The van der Waals surface area contributed by atoms with Crippen molar-refractivity contribution in [3.05, 3.63) is 71.8 Å². The second-order valence-corrected chi connectivity index (χ2v) is 9.30. The smallest absolute Gasteiger partial charge is 0.254 e. The Kier molecular flexibility index (Phi) is 4.82. The number of hydrazone groups is 1. The van der Waals surface area contributed by atoms with Gasteiger partial charge in [0.2, 0.25) is 0 Å². The lowest BCUT2D eigenvalue weighted by Gasteiger charge is -2.37. The first-order valence-electron chi connectivity index (χ1n) is 11.7. The molecule has 0 aromatic heterocycles. The highest BCUT2D eigenvalue weighted by atomic mass is 16.5. The van der Waals surface area contributed by atoms with Crippen molar-refractivity contribution in [3.8, 4) is 11.5 Å². The Hall–Kier alpha value is -3.41. The third kappa shape index (κ3) is 3.36. The van der Waals surface area contributed by atoms with Crippen molar-refractivity contribution >= 4 is 18.0 Å². The summed E-state index contributed by atoms with van der Waals surface area (Å²) >= 11 is 0. The highest BCUT2D eigenvalue weighted by Gasteiger charge is 2.67. The summed E-state index contributed by atoms with van der Waals surface area (Å²) in [7, 11) is 0. The van der Waals surface area contributed by atoms with Crippen molar-refractivity contribution in [2.45, 2.75) is 20.0 Å². The van der Waals surface area contributed by atoms with E-state index >= 15 is 0 Å². The van der Waals surface area contributed by atoms with Crippen molar-refractivity contribution in [3.63, 3.8) is 0 Å². The molecule has 1 aliphatic heterocycles. The van der Waals surface area contributed by atoms with Crippen LogP contribution >= 0.6 is 0 Å². The number of hydrogen-bond donors (Lipinski definition) is 0. The predicted octanol–water partition coefficient (Wildman–Crippen LogP) is 4.05. The summed E-state index contributed by atoms with van der Waals surface area (Å²) in [5.74, 6) is 2.03. The fourth-order valence-corrected chi connectivity index (χ4v) is 5.91. The lowest BCUT2D eigenvalue weighted by molar-refractivity contribution is -0.140. The molecular weight excluding hydrogens is 416 g/mol. The highest BCUT2D eigenvalue weighted by molar-refractivity contribution is 6.06. The topological polar surface area (TPSA) is 68.2 Å². The maximum Gasteiger partial charge on any atom is 0.254 e. The van der Waals surface area contributed by atoms with E-state index in [1.165, 1.54) is 0 Å². The van der Waals surface area contributed by atoms with E-state index < -0.39 is 0 Å². The molecule has 6 atom stereocenters. The Balaban J connectivity index is 1.19. The number of ether oxygens (including phenoxy) is 2. The molecule has 3 fully saturated rings. The minimum Gasteiger partial charge on any atom is -0.490 e. The fraction of sp³-hybridized carbons (Fsp3) is 0.370. The van der Waals surface area contributed by atoms with Crippen molar-refractivity contribution in [2.24, 2.45) is 40.6 Å². The van der Waals surface area contributed by atoms with Crippen LogP contribution in [-0.4, -0.2) is 29.6 Å². The number of amides is 2. The first-order chi connectivity index (χ1) is 16.2. The van der Waals surface area contributed by atoms with Crippen molar-refractivity contribution in [1.29, 1.82) is 0 Å². The number of rotatable bonds is 7. The lowest BCUT2D eigenvalue weighted by atomic mass is 9.63. The first-order valence-corrected chi connectivity index (χ1v) is 11.7. The number of imide groups is 1. The van der Waals surface area contributed by atoms with Gasteiger partial charge in [-0.1, -0.05) is 42.5 Å². The van der Waals surface area contributed by atoms with Crippen LogP contribution in [0.1, 0.15) is 24.5 Å². The molecule has 2 saturated carbocycles. The monoisotopic (exact) mass is 442 g/mol. The molecule has 0 spiro atoms. The Morgan fingerprint density at radius 3 is 2.30 bits per heavy atom. The molecule has 6 nitrogen and oxygen atoms in total. The largest absolute Gasteiger partial charge is 0.490 e. The number of hydrogen-bond acceptors (Lipinski definition) is 5. The summed E-state index contributed by atoms with van der Waals surface area (Å²) in [6.45, 7) is 2.84. The summed E-state index contributed by atoms with van der Waals surface area (Å²) in [6, 6.07) is 15.4. The molecule has 33 heavy (non-hydrogen) atoms. The van der Waals surface area contributed by atoms with Crippen molar-refractivity contribution < 1.29 is 19.1 Å². The van der Waals surface area contributed by atoms with Gasteiger partial charge in [-0.2, -0.15) is 10.1 Å². The van der Waals surface area contributed by atoms with E-state index in [2.05, 4.69) is 17.3 Å². The maximum atomic E-state index is 13.1. The number of carbonyl (C=O) groups excluding carboxylic acids is 2. The molecule has 2 aromatic carbocycles. The van der Waals surface area contributed by atoms with E-state index in [9.17, 15) is 9.59 Å². The molecular formula is C27H26N2O4. The van der Waals surface area contributed by atoms with Crippen LogP contribution in [0.2, 0.25) is 0 Å². The van der Waals surface area contributed by atoms with Gasteiger partial charge >= 0.3 is 0 Å². The number of carbonyl (C=O) groups is 2. The minimum absolute atomic E-state index is 0.154. The number of allylic oxidation sites excluding steroid dienone is 2. The average molecular weight is 443 g/mol. The van der Waals surface area contributed by atoms with Crippen molar-refractivity contribution in [2.75, 3.05) is 6.61 Å². The van der Waals surface area contributed by atoms with Crippen LogP contribution in [0.15, 0.2) is 65.8 Å². The van der Waals surface area contributed by atoms with Crippen LogP contribution < -0.4 is 9.47 Å². The molecule has 6 heteroatoms. The van der Waals surface area contributed by atoms with E-state index in [0.29, 0.717) is 36.5 Å². The van der Waals surface area contributed by atoms with Crippen LogP contribution in [0.25, 0.3) is 0 Å². The van der Waals surface area contributed by atoms with Gasteiger partial charge in [-0.15, -0.1) is 0 Å². The third-order valence-electron chi connectivity index (χ3n) is 7.47. The summed E-state index contributed by atoms with van der Waals surface area (Å²) in [4.78, 5) is 26.2. The van der Waals surface area contributed by atoms with E-state index in [1.54, 1.807) is 6.21 Å². The molecule has 2 aromatic rings. The van der Waals surface area contributed by atoms with Gasteiger partial charge < -0.3 is 9.47 Å². The van der Waals surface area contributed by atoms with Gasteiger partial charge in [0.05, 0.1) is 24.7 Å². The summed E-state index contributed by atoms with van der Waals surface area (Å²) in [6.07, 6.45) is 7.05. The van der Waals surface area contributed by atoms with Gasteiger partial charge in [0, 0.05) is 0 Å². The maximum absolute atomic E-state index is 13.1. The predicted molar refractivity (Wildman–Crippen MR) is 123 cm³/mol. The van der Waals surface area contributed by atoms with E-state index in [0.717, 1.165) is 22.6 Å². The zero-order valence-corrected chi connectivity index (χ0v) is 18.5. The molecule has 1 saturated heterocycles. The number of nitrogens with zero attached hydrogens (tertiary/aromatic N) is 2. The fourth-order valence-electron chi connectivity index (χ4n) is 5.91. The molecule has 2 bridgehead atoms. The molecule has 0 N–H and O–H groups in total. The average Bonchev–Trinajstić information content (AvgIpc) is 3.62. The van der Waals surface area contributed by atoms with Gasteiger partial charge in [0.25, 0.3) is 11.8 Å². The summed E-state index contributed by atoms with van der Waals surface area (Å²) in [5.41, 5.74) is 1.81. The zero-order valence-electron chi connectivity index (χ0n) is 18.5. The molecule has 7 rings (SSSR count). The van der Waals surface area contributed by atoms with Gasteiger partial charge in [0.15, 0.2) is 11.5 Å². The molecule has 1 heterocycles. The third-order valence-corrected chi connectivity index (χ3v) is 7.47. The van der Waals surface area contributed by atoms with Gasteiger partial charge in [-0.3, -0.25) is 9.59 Å². The van der Waals surface area contributed by atoms with Crippen molar-refractivity contribution in [1.82, 2.24) is 5.01 Å². The second-order valence-electron chi connectivity index (χ2n) is 9.30. The van der Waals surface area contributed by atoms with Crippen LogP contribution in [0.5, 0.6) is 11.5 Å². The molecule has 4 aliphatic carbocycles. The van der Waals surface area contributed by atoms with E-state index in [-0.39, 0.29) is 35.5 Å². The number of benzene rings is 2. The van der Waals surface area contributed by atoms with Crippen LogP contribution in [-0.2, 0) is 16.2 Å². The molecule has 0 radical (unpaired) electrons. The standard InChI is InChI=1S/C27H26N2O4/c1-2-32-23-12-17(8-11-22(23)33-15-16-6-4-3-5-7-16)14-28-29-26(30)24-18-9-10-19(21-13-20(18)21)25(24)27(29)31/h3-12,14,18-21,24-25H,2,13,15H2,1H3/b28-14-/t18-,19-,20-,21-,24-,25+/m0/s1. The van der Waals surface area contributed by atoms with Crippen LogP contribution in [0.4, 0.5) is 0 Å². The minimum atomic E-state index is -0.235. The Morgan fingerprint density at radius 2 is 1.64 bits per heavy atom. The van der Waals surface area contributed by atoms with Gasteiger partial charge in [-0.05, 0) is 66.3 Å². The quantitative estimate of drug-likeness (QED) is 0.369. The molecule has 5 aliphatic rings. The summed E-state index contributed by atoms with van der Waals surface area (Å²) < 4.78 is 11.7. The molecule has 2 amide bonds. The SMILES string of the molecule is CCOc1cc(/C=N\N2C(=O)[C@@H]3[C@H]4C=C[C@@H]([C@@H]5C[C@@H]45)[C@@H]3C2=O)ccc1OCc1ccccc1. The normalized spacial score (nSPS) is 31.1. The van der Waals surface area contributed by atoms with E-state index in [4.69, 9.17) is 9.47 Å². The molecule has 168 valence electrons. The lowest BCUT2D eigenvalue weighted by Crippen LogP contribution is -2.40. The summed E-state index contributed by atoms with van der Waals surface area (Å²) in [5, 5.41) is 5.43. The Labute approximate surface area is 192 Å². The van der Waals surface area contributed by atoms with Crippen LogP contribution in [0.3, 0.4) is 0 Å². The second kappa shape index (κ2) is 7.87. The van der Waals surface area contributed by atoms with Gasteiger partial charge in [-0.25, -0.2) is 0 Å². The van der Waals surface area contributed by atoms with E-state index in [1.807, 2.05) is 55.5 Å². The highest BCUT2D eigenvalue weighted by Crippen LogP contribution is 2.65. The zero-order chi connectivity index (χ0) is 22.5. The Morgan fingerprint density at radius 1 is 0.939 bits per heavy atom. The first kappa shape index (κ1) is 20.2. The Bertz CT molecular complexity index is 1120. The molecule has 0 unspecified atom stereocenters. The van der Waals surface area contributed by atoms with Gasteiger partial charge in [0.1, 0.15) is 6.61 Å².